The van der Waals surface area contributed by atoms with Crippen LogP contribution in [0.5, 0.6) is 11.5 Å². The molecule has 0 fully saturated rings. The summed E-state index contributed by atoms with van der Waals surface area (Å²) in [5, 5.41) is 0. The maximum absolute atomic E-state index is 13.1. The van der Waals surface area contributed by atoms with Gasteiger partial charge in [0.2, 0.25) is 0 Å². The molecule has 0 radical (unpaired) electrons. The molecule has 1 heterocycles. The molecule has 0 N–H and O–H groups in total. The third kappa shape index (κ3) is 2.61. The Labute approximate surface area is 116 Å². The predicted molar refractivity (Wildman–Crippen MR) is 71.0 cm³/mol. The molecule has 0 saturated carbocycles. The van der Waals surface area contributed by atoms with Crippen molar-refractivity contribution in [2.45, 2.75) is 18.5 Å². The van der Waals surface area contributed by atoms with Crippen LogP contribution in [0.3, 0.4) is 0 Å². The maximum atomic E-state index is 13.1. The fraction of sp³-hybridized carbons (Fsp3) is 0.462. The van der Waals surface area contributed by atoms with Crippen LogP contribution in [0.25, 0.3) is 0 Å². The number of nitrogens with zero attached hydrogens (tertiary/aromatic N) is 1. The number of carbonyl (C=O) groups is 1. The minimum absolute atomic E-state index is 0.432. The summed E-state index contributed by atoms with van der Waals surface area (Å²) >= 11 is 5.26. The van der Waals surface area contributed by atoms with Crippen LogP contribution in [0.2, 0.25) is 0 Å². The lowest BCUT2D eigenvalue weighted by Gasteiger charge is -2.31. The summed E-state index contributed by atoms with van der Waals surface area (Å²) in [6.45, 7) is 0.432. The van der Waals surface area contributed by atoms with Gasteiger partial charge in [0.1, 0.15) is 11.5 Å². The van der Waals surface area contributed by atoms with E-state index in [2.05, 4.69) is 0 Å². The largest absolute Gasteiger partial charge is 0.497 e. The van der Waals surface area contributed by atoms with Crippen molar-refractivity contribution in [3.63, 3.8) is 0 Å². The smallest absolute Gasteiger partial charge is 0.277 e. The lowest BCUT2D eigenvalue weighted by molar-refractivity contribution is -0.120. The number of benzene rings is 1. The number of halogens is 2. The number of hydrogen-bond donors (Lipinski definition) is 0. The Morgan fingerprint density at radius 2 is 2.16 bits per heavy atom. The van der Waals surface area contributed by atoms with E-state index in [1.807, 2.05) is 6.07 Å². The van der Waals surface area contributed by atoms with Crippen LogP contribution in [-0.4, -0.2) is 32.3 Å². The van der Waals surface area contributed by atoms with E-state index in [1.165, 1.54) is 12.0 Å². The van der Waals surface area contributed by atoms with Gasteiger partial charge in [0.25, 0.3) is 11.5 Å². The molecule has 1 aliphatic heterocycles. The first-order chi connectivity index (χ1) is 9.08. The summed E-state index contributed by atoms with van der Waals surface area (Å²) in [6, 6.07) is 3.50. The van der Waals surface area contributed by atoms with Crippen LogP contribution in [0, 0.1) is 0 Å². The Morgan fingerprint density at radius 1 is 1.42 bits per heavy atom. The van der Waals surface area contributed by atoms with Crippen LogP contribution in [0.15, 0.2) is 12.1 Å². The number of carbonyl (C=O) groups excluding carboxylic acids is 1. The van der Waals surface area contributed by atoms with Crippen molar-refractivity contribution in [2.75, 3.05) is 25.7 Å². The molecule has 2 rings (SSSR count). The fourth-order valence-corrected chi connectivity index (χ4v) is 2.40. The van der Waals surface area contributed by atoms with Gasteiger partial charge < -0.3 is 14.4 Å². The zero-order valence-corrected chi connectivity index (χ0v) is 11.5. The van der Waals surface area contributed by atoms with Gasteiger partial charge in [-0.15, -0.1) is 0 Å². The lowest BCUT2D eigenvalue weighted by atomic mass is 10.0. The summed E-state index contributed by atoms with van der Waals surface area (Å²) < 4.78 is 23.5. The zero-order chi connectivity index (χ0) is 14.0. The molecule has 1 amide bonds. The second-order valence-corrected chi connectivity index (χ2v) is 4.61. The van der Waals surface area contributed by atoms with Gasteiger partial charge in [0.15, 0.2) is 0 Å². The normalized spacial score (nSPS) is 15.7. The fourth-order valence-electron chi connectivity index (χ4n) is 2.29. The van der Waals surface area contributed by atoms with Crippen molar-refractivity contribution in [3.8, 4) is 11.5 Å². The van der Waals surface area contributed by atoms with Crippen LogP contribution in [0.4, 0.5) is 10.1 Å². The first-order valence-corrected chi connectivity index (χ1v) is 6.36. The number of rotatable bonds is 3. The van der Waals surface area contributed by atoms with E-state index in [1.54, 1.807) is 13.2 Å². The van der Waals surface area contributed by atoms with Crippen LogP contribution in [-0.2, 0) is 11.2 Å². The van der Waals surface area contributed by atoms with Crippen molar-refractivity contribution >= 4 is 23.2 Å². The number of fused-ring (bicyclic) bond motifs is 1. The van der Waals surface area contributed by atoms with Gasteiger partial charge in [-0.3, -0.25) is 4.79 Å². The Bertz CT molecular complexity index is 476. The monoisotopic (exact) mass is 287 g/mol. The van der Waals surface area contributed by atoms with Crippen molar-refractivity contribution in [2.24, 2.45) is 0 Å². The molecule has 1 aliphatic rings. The minimum Gasteiger partial charge on any atom is -0.497 e. The van der Waals surface area contributed by atoms with E-state index in [9.17, 15) is 9.18 Å². The predicted octanol–water partition coefficient (Wildman–Crippen LogP) is 2.52. The minimum atomic E-state index is -2.04. The second-order valence-electron chi connectivity index (χ2n) is 4.23. The number of aryl methyl sites for hydroxylation is 1. The second kappa shape index (κ2) is 5.65. The number of hydrogen-bond acceptors (Lipinski definition) is 3. The molecular weight excluding hydrogens is 273 g/mol. The molecule has 1 unspecified atom stereocenters. The third-order valence-electron chi connectivity index (χ3n) is 3.13. The molecule has 0 saturated heterocycles. The van der Waals surface area contributed by atoms with Crippen molar-refractivity contribution in [1.29, 1.82) is 0 Å². The zero-order valence-electron chi connectivity index (χ0n) is 10.8. The summed E-state index contributed by atoms with van der Waals surface area (Å²) in [7, 11) is 3.06. The molecule has 0 aromatic heterocycles. The van der Waals surface area contributed by atoms with Gasteiger partial charge in [0, 0.05) is 12.6 Å². The first-order valence-electron chi connectivity index (χ1n) is 5.93. The van der Waals surface area contributed by atoms with E-state index < -0.39 is 11.5 Å². The van der Waals surface area contributed by atoms with Crippen LogP contribution >= 0.6 is 11.6 Å². The number of amides is 1. The van der Waals surface area contributed by atoms with Gasteiger partial charge in [-0.2, -0.15) is 0 Å². The summed E-state index contributed by atoms with van der Waals surface area (Å²) in [4.78, 5) is 13.2. The van der Waals surface area contributed by atoms with E-state index >= 15 is 0 Å². The van der Waals surface area contributed by atoms with Gasteiger partial charge in [-0.05, 0) is 24.5 Å². The highest BCUT2D eigenvalue weighted by Crippen LogP contribution is 2.40. The topological polar surface area (TPSA) is 38.8 Å². The Kier molecular flexibility index (Phi) is 4.14. The molecule has 1 aromatic carbocycles. The van der Waals surface area contributed by atoms with Crippen molar-refractivity contribution in [1.82, 2.24) is 0 Å². The molecule has 0 spiro atoms. The average Bonchev–Trinajstić information content (AvgIpc) is 2.44. The SMILES string of the molecule is COc1cc2c(c(OC)c1)N(C(=O)C(F)Cl)CCC2. The molecular formula is C13H15ClFNO3. The molecule has 6 heteroatoms. The van der Waals surface area contributed by atoms with Crippen LogP contribution in [0.1, 0.15) is 12.0 Å². The molecule has 1 aromatic rings. The van der Waals surface area contributed by atoms with E-state index in [0.717, 1.165) is 18.4 Å². The molecule has 0 aliphatic carbocycles. The highest BCUT2D eigenvalue weighted by molar-refractivity contribution is 6.31. The highest BCUT2D eigenvalue weighted by Gasteiger charge is 2.30. The third-order valence-corrected chi connectivity index (χ3v) is 3.32. The Hall–Kier alpha value is -1.49. The summed E-state index contributed by atoms with van der Waals surface area (Å²) in [6.07, 6.45) is 1.53. The van der Waals surface area contributed by atoms with Gasteiger partial charge in [-0.1, -0.05) is 11.6 Å². The number of ether oxygens (including phenoxy) is 2. The molecule has 1 atom stereocenters. The van der Waals surface area contributed by atoms with Crippen molar-refractivity contribution in [3.05, 3.63) is 17.7 Å². The first kappa shape index (κ1) is 13.9. The Morgan fingerprint density at radius 3 is 2.74 bits per heavy atom. The maximum Gasteiger partial charge on any atom is 0.277 e. The van der Waals surface area contributed by atoms with Gasteiger partial charge in [-0.25, -0.2) is 4.39 Å². The van der Waals surface area contributed by atoms with Gasteiger partial charge in [0.05, 0.1) is 19.9 Å². The lowest BCUT2D eigenvalue weighted by Crippen LogP contribution is -2.39. The average molecular weight is 288 g/mol. The van der Waals surface area contributed by atoms with Gasteiger partial charge >= 0.3 is 0 Å². The number of anilines is 1. The van der Waals surface area contributed by atoms with Crippen LogP contribution < -0.4 is 14.4 Å². The van der Waals surface area contributed by atoms with E-state index in [-0.39, 0.29) is 0 Å². The number of alkyl halides is 2. The molecule has 104 valence electrons. The Balaban J connectivity index is 2.50. The summed E-state index contributed by atoms with van der Waals surface area (Å²) in [5.74, 6) is 0.373. The van der Waals surface area contributed by atoms with Crippen molar-refractivity contribution < 1.29 is 18.7 Å². The highest BCUT2D eigenvalue weighted by atomic mass is 35.5. The molecule has 19 heavy (non-hydrogen) atoms. The van der Waals surface area contributed by atoms with E-state index in [4.69, 9.17) is 21.1 Å². The number of methoxy groups -OCH3 is 2. The molecule has 0 bridgehead atoms. The quantitative estimate of drug-likeness (QED) is 0.802. The standard InChI is InChI=1S/C13H15ClFNO3/c1-18-9-6-8-4-3-5-16(13(17)12(14)15)11(8)10(7-9)19-2/h6-7,12H,3-5H2,1-2H3. The van der Waals surface area contributed by atoms with E-state index in [0.29, 0.717) is 23.7 Å². The molecule has 4 nitrogen and oxygen atoms in total. The summed E-state index contributed by atoms with van der Waals surface area (Å²) in [5.41, 5.74) is -0.561.